The van der Waals surface area contributed by atoms with E-state index in [9.17, 15) is 4.89 Å². The lowest BCUT2D eigenvalue weighted by atomic mass is 10.5. The van der Waals surface area contributed by atoms with Crippen molar-refractivity contribution < 1.29 is 18.5 Å². The van der Waals surface area contributed by atoms with Gasteiger partial charge in [0.05, 0.1) is 19.8 Å². The molecule has 1 aliphatic rings. The first-order valence-electron chi connectivity index (χ1n) is 3.32. The highest BCUT2D eigenvalue weighted by Crippen LogP contribution is 2.59. The van der Waals surface area contributed by atoms with Crippen molar-refractivity contribution in [3.63, 3.8) is 0 Å². The van der Waals surface area contributed by atoms with E-state index >= 15 is 0 Å². The minimum atomic E-state index is -2.86. The van der Waals surface area contributed by atoms with Gasteiger partial charge < -0.3 is 4.89 Å². The first-order valence-corrected chi connectivity index (χ1v) is 4.82. The molecular formula is C5H12O4P. The third-order valence-electron chi connectivity index (χ3n) is 1.09. The Morgan fingerprint density at radius 2 is 2.10 bits per heavy atom. The van der Waals surface area contributed by atoms with E-state index < -0.39 is 8.17 Å². The van der Waals surface area contributed by atoms with Crippen LogP contribution in [0, 0.1) is 0 Å². The van der Waals surface area contributed by atoms with E-state index in [1.54, 1.807) is 6.92 Å². The summed E-state index contributed by atoms with van der Waals surface area (Å²) in [6.45, 7) is 3.28. The van der Waals surface area contributed by atoms with Gasteiger partial charge in [0.25, 0.3) is 0 Å². The van der Waals surface area contributed by atoms with Crippen molar-refractivity contribution in [3.05, 3.63) is 0 Å². The second-order valence-electron chi connectivity index (χ2n) is 1.91. The molecule has 1 N–H and O–H groups in total. The van der Waals surface area contributed by atoms with E-state index in [1.807, 2.05) is 0 Å². The van der Waals surface area contributed by atoms with Crippen LogP contribution in [-0.4, -0.2) is 24.7 Å². The Morgan fingerprint density at radius 1 is 1.50 bits per heavy atom. The zero-order valence-electron chi connectivity index (χ0n) is 5.95. The lowest BCUT2D eigenvalue weighted by molar-refractivity contribution is 0.0488. The number of hydrogen-bond acceptors (Lipinski definition) is 4. The lowest BCUT2D eigenvalue weighted by Gasteiger charge is -2.30. The third kappa shape index (κ3) is 2.15. The van der Waals surface area contributed by atoms with E-state index in [0.29, 0.717) is 19.8 Å². The predicted octanol–water partition coefficient (Wildman–Crippen LogP) is 1.13. The van der Waals surface area contributed by atoms with Crippen LogP contribution in [0.25, 0.3) is 0 Å². The van der Waals surface area contributed by atoms with Gasteiger partial charge in [-0.25, -0.2) is 0 Å². The van der Waals surface area contributed by atoms with Gasteiger partial charge in [-0.3, -0.25) is 13.6 Å². The van der Waals surface area contributed by atoms with Crippen LogP contribution in [0.1, 0.15) is 13.3 Å². The fourth-order valence-electron chi connectivity index (χ4n) is 0.694. The summed E-state index contributed by atoms with van der Waals surface area (Å²) in [5.74, 6) is 0. The minimum absolute atomic E-state index is 0.421. The summed E-state index contributed by atoms with van der Waals surface area (Å²) >= 11 is 0. The number of hydrogen-bond donors (Lipinski definition) is 1. The summed E-state index contributed by atoms with van der Waals surface area (Å²) in [6.07, 6.45) is 0.829. The van der Waals surface area contributed by atoms with Crippen LogP contribution in [0.5, 0.6) is 0 Å². The zero-order valence-corrected chi connectivity index (χ0v) is 6.84. The SMILES string of the molecule is CCO[P]1(O)OCCCO1. The fourth-order valence-corrected chi connectivity index (χ4v) is 1.96. The molecule has 0 saturated carbocycles. The van der Waals surface area contributed by atoms with Crippen molar-refractivity contribution >= 4 is 8.17 Å². The molecule has 1 aliphatic heterocycles. The first-order chi connectivity index (χ1) is 4.77. The van der Waals surface area contributed by atoms with E-state index in [-0.39, 0.29) is 0 Å². The molecule has 0 unspecified atom stereocenters. The van der Waals surface area contributed by atoms with Crippen molar-refractivity contribution in [3.8, 4) is 0 Å². The molecule has 1 fully saturated rings. The fraction of sp³-hybridized carbons (Fsp3) is 1.00. The maximum absolute atomic E-state index is 9.32. The molecule has 61 valence electrons. The van der Waals surface area contributed by atoms with Gasteiger partial charge in [0, 0.05) is 0 Å². The van der Waals surface area contributed by atoms with Crippen molar-refractivity contribution in [1.82, 2.24) is 0 Å². The molecule has 1 heterocycles. The minimum Gasteiger partial charge on any atom is -0.314 e. The highest BCUT2D eigenvalue weighted by Gasteiger charge is 2.31. The van der Waals surface area contributed by atoms with Gasteiger partial charge in [0.2, 0.25) is 0 Å². The molecule has 5 heteroatoms. The Kier molecular flexibility index (Phi) is 3.01. The van der Waals surface area contributed by atoms with Crippen LogP contribution in [0.4, 0.5) is 0 Å². The van der Waals surface area contributed by atoms with Gasteiger partial charge in [-0.1, -0.05) is 0 Å². The van der Waals surface area contributed by atoms with Crippen LogP contribution in [0.15, 0.2) is 0 Å². The van der Waals surface area contributed by atoms with Gasteiger partial charge in [-0.2, -0.15) is 0 Å². The van der Waals surface area contributed by atoms with Crippen molar-refractivity contribution in [2.75, 3.05) is 19.8 Å². The second kappa shape index (κ2) is 3.60. The van der Waals surface area contributed by atoms with E-state index in [2.05, 4.69) is 0 Å². The molecule has 0 aromatic rings. The Labute approximate surface area is 60.8 Å². The highest BCUT2D eigenvalue weighted by molar-refractivity contribution is 7.55. The second-order valence-corrected chi connectivity index (χ2v) is 3.62. The quantitative estimate of drug-likeness (QED) is 0.626. The lowest BCUT2D eigenvalue weighted by Crippen LogP contribution is -2.14. The van der Waals surface area contributed by atoms with Gasteiger partial charge >= 0.3 is 8.17 Å². The van der Waals surface area contributed by atoms with Crippen molar-refractivity contribution in [2.24, 2.45) is 0 Å². The van der Waals surface area contributed by atoms with Crippen LogP contribution in [0.2, 0.25) is 0 Å². The topological polar surface area (TPSA) is 47.9 Å². The summed E-state index contributed by atoms with van der Waals surface area (Å²) in [7, 11) is -2.86. The molecule has 1 radical (unpaired) electrons. The maximum atomic E-state index is 9.32. The summed E-state index contributed by atoms with van der Waals surface area (Å²) in [4.78, 5) is 9.32. The van der Waals surface area contributed by atoms with Crippen LogP contribution in [-0.2, 0) is 13.6 Å². The number of rotatable bonds is 2. The van der Waals surface area contributed by atoms with Crippen LogP contribution < -0.4 is 0 Å². The predicted molar refractivity (Wildman–Crippen MR) is 37.3 cm³/mol. The maximum Gasteiger partial charge on any atom is 0.377 e. The Morgan fingerprint density at radius 3 is 2.60 bits per heavy atom. The monoisotopic (exact) mass is 167 g/mol. The molecule has 0 aliphatic carbocycles. The smallest absolute Gasteiger partial charge is 0.314 e. The molecular weight excluding hydrogens is 155 g/mol. The van der Waals surface area contributed by atoms with Gasteiger partial charge in [0.15, 0.2) is 0 Å². The average molecular weight is 167 g/mol. The average Bonchev–Trinajstić information content (AvgIpc) is 1.89. The standard InChI is InChI=1S/C5H12O4P/c1-2-7-10(6)8-4-3-5-9-10/h6H,2-5H2,1H3. The Bertz CT molecular complexity index is 96.3. The Balaban J connectivity index is 2.32. The van der Waals surface area contributed by atoms with E-state index in [1.165, 1.54) is 0 Å². The normalized spacial score (nSPS) is 24.6. The van der Waals surface area contributed by atoms with Crippen molar-refractivity contribution in [2.45, 2.75) is 13.3 Å². The molecule has 1 rings (SSSR count). The van der Waals surface area contributed by atoms with Crippen LogP contribution >= 0.6 is 8.17 Å². The molecule has 0 spiro atoms. The molecule has 0 amide bonds. The van der Waals surface area contributed by atoms with Crippen LogP contribution in [0.3, 0.4) is 0 Å². The molecule has 1 saturated heterocycles. The van der Waals surface area contributed by atoms with Gasteiger partial charge in [-0.15, -0.1) is 0 Å². The summed E-state index contributed by atoms with van der Waals surface area (Å²) in [6, 6.07) is 0. The van der Waals surface area contributed by atoms with Crippen molar-refractivity contribution in [1.29, 1.82) is 0 Å². The summed E-state index contributed by atoms with van der Waals surface area (Å²) < 4.78 is 14.7. The Hall–Kier alpha value is 0.270. The van der Waals surface area contributed by atoms with Gasteiger partial charge in [0.1, 0.15) is 0 Å². The zero-order chi connectivity index (χ0) is 7.45. The largest absolute Gasteiger partial charge is 0.377 e. The third-order valence-corrected chi connectivity index (χ3v) is 2.69. The molecule has 0 aromatic carbocycles. The molecule has 0 aromatic heterocycles. The summed E-state index contributed by atoms with van der Waals surface area (Å²) in [5, 5.41) is 0. The molecule has 4 nitrogen and oxygen atoms in total. The first kappa shape index (κ1) is 8.37. The molecule has 10 heavy (non-hydrogen) atoms. The summed E-state index contributed by atoms with van der Waals surface area (Å²) in [5.41, 5.74) is 0. The van der Waals surface area contributed by atoms with E-state index in [0.717, 1.165) is 6.42 Å². The highest BCUT2D eigenvalue weighted by atomic mass is 31.2. The molecule has 0 atom stereocenters. The molecule has 0 bridgehead atoms. The van der Waals surface area contributed by atoms with E-state index in [4.69, 9.17) is 13.6 Å². The van der Waals surface area contributed by atoms with Gasteiger partial charge in [-0.05, 0) is 13.3 Å².